The molecule has 19 heavy (non-hydrogen) atoms. The second kappa shape index (κ2) is 5.81. The van der Waals surface area contributed by atoms with Crippen LogP contribution in [0, 0.1) is 19.8 Å². The van der Waals surface area contributed by atoms with Gasteiger partial charge in [-0.3, -0.25) is 0 Å². The number of halogens is 3. The molecule has 0 bridgehead atoms. The highest BCUT2D eigenvalue weighted by molar-refractivity contribution is 5.83. The van der Waals surface area contributed by atoms with E-state index in [4.69, 9.17) is 15.7 Å². The van der Waals surface area contributed by atoms with Crippen molar-refractivity contribution in [3.63, 3.8) is 0 Å². The Balaban J connectivity index is 2.86. The molecule has 1 aromatic carbocycles. The lowest BCUT2D eigenvalue weighted by molar-refractivity contribution is -0.162. The van der Waals surface area contributed by atoms with Crippen LogP contribution in [-0.4, -0.2) is 23.8 Å². The summed E-state index contributed by atoms with van der Waals surface area (Å²) in [5.74, 6) is -2.71. The van der Waals surface area contributed by atoms with Crippen LogP contribution in [-0.2, 0) is 0 Å². The fourth-order valence-corrected chi connectivity index (χ4v) is 1.47. The Hall–Kier alpha value is -1.92. The minimum absolute atomic E-state index is 0.347. The van der Waals surface area contributed by atoms with Crippen molar-refractivity contribution in [1.29, 1.82) is 0 Å². The van der Waals surface area contributed by atoms with Crippen molar-refractivity contribution in [1.82, 2.24) is 0 Å². The molecular weight excluding hydrogens is 261 g/mol. The zero-order valence-electron chi connectivity index (χ0n) is 10.5. The van der Waals surface area contributed by atoms with Gasteiger partial charge in [-0.05, 0) is 31.0 Å². The van der Waals surface area contributed by atoms with Crippen LogP contribution in [0.3, 0.4) is 0 Å². The van der Waals surface area contributed by atoms with Crippen molar-refractivity contribution in [2.24, 2.45) is 16.8 Å². The zero-order chi connectivity index (χ0) is 14.6. The van der Waals surface area contributed by atoms with Crippen molar-refractivity contribution in [3.05, 3.63) is 29.3 Å². The van der Waals surface area contributed by atoms with E-state index in [0.29, 0.717) is 5.75 Å². The molecule has 0 saturated heterocycles. The molecule has 0 spiro atoms. The third-order valence-corrected chi connectivity index (χ3v) is 2.83. The second-order valence-electron chi connectivity index (χ2n) is 4.13. The number of rotatable bonds is 4. The van der Waals surface area contributed by atoms with Crippen LogP contribution in [0.2, 0.25) is 0 Å². The molecule has 1 aromatic rings. The lowest BCUT2D eigenvalue weighted by Crippen LogP contribution is -2.40. The van der Waals surface area contributed by atoms with E-state index < -0.39 is 24.5 Å². The fraction of sp³-hybridized carbons (Fsp3) is 0.417. The first-order valence-corrected chi connectivity index (χ1v) is 5.50. The summed E-state index contributed by atoms with van der Waals surface area (Å²) in [6, 6.07) is 5.08. The maximum Gasteiger partial charge on any atom is 0.402 e. The van der Waals surface area contributed by atoms with Gasteiger partial charge in [0.15, 0.2) is 5.84 Å². The molecule has 0 fully saturated rings. The normalized spacial score (nSPS) is 14.3. The molecule has 0 aliphatic rings. The number of alkyl halides is 3. The fourth-order valence-electron chi connectivity index (χ4n) is 1.47. The van der Waals surface area contributed by atoms with Crippen LogP contribution in [0.4, 0.5) is 13.2 Å². The third kappa shape index (κ3) is 3.77. The molecule has 1 unspecified atom stereocenters. The molecule has 0 radical (unpaired) electrons. The Morgan fingerprint density at radius 2 is 2.05 bits per heavy atom. The minimum Gasteiger partial charge on any atom is -0.492 e. The molecular formula is C12H15F3N2O2. The maximum absolute atomic E-state index is 12.7. The summed E-state index contributed by atoms with van der Waals surface area (Å²) in [6.07, 6.45) is -4.63. The quantitative estimate of drug-likeness (QED) is 0.384. The Labute approximate surface area is 108 Å². The van der Waals surface area contributed by atoms with Gasteiger partial charge in [-0.1, -0.05) is 17.3 Å². The van der Waals surface area contributed by atoms with Gasteiger partial charge in [0.1, 0.15) is 18.3 Å². The van der Waals surface area contributed by atoms with Gasteiger partial charge in [-0.2, -0.15) is 13.2 Å². The summed E-state index contributed by atoms with van der Waals surface area (Å²) in [5, 5.41) is 10.8. The van der Waals surface area contributed by atoms with Crippen LogP contribution in [0.5, 0.6) is 5.75 Å². The first-order valence-electron chi connectivity index (χ1n) is 5.50. The topological polar surface area (TPSA) is 67.8 Å². The second-order valence-corrected chi connectivity index (χ2v) is 4.13. The summed E-state index contributed by atoms with van der Waals surface area (Å²) in [6.45, 7) is 2.84. The smallest absolute Gasteiger partial charge is 0.402 e. The predicted molar refractivity (Wildman–Crippen MR) is 64.4 cm³/mol. The lowest BCUT2D eigenvalue weighted by Gasteiger charge is -2.20. The number of amidine groups is 1. The molecule has 4 nitrogen and oxygen atoms in total. The number of oxime groups is 1. The minimum atomic E-state index is -4.63. The predicted octanol–water partition coefficient (Wildman–Crippen LogP) is 2.61. The van der Waals surface area contributed by atoms with E-state index in [9.17, 15) is 13.2 Å². The van der Waals surface area contributed by atoms with Crippen molar-refractivity contribution < 1.29 is 23.1 Å². The van der Waals surface area contributed by atoms with Crippen LogP contribution >= 0.6 is 0 Å². The molecule has 0 aromatic heterocycles. The van der Waals surface area contributed by atoms with Gasteiger partial charge < -0.3 is 15.7 Å². The van der Waals surface area contributed by atoms with Gasteiger partial charge in [0.2, 0.25) is 0 Å². The number of aryl methyl sites for hydroxylation is 1. The number of hydrogen-bond acceptors (Lipinski definition) is 3. The molecule has 0 saturated carbocycles. The van der Waals surface area contributed by atoms with Crippen LogP contribution < -0.4 is 10.5 Å². The summed E-state index contributed by atoms with van der Waals surface area (Å²) in [7, 11) is 0. The van der Waals surface area contributed by atoms with Crippen molar-refractivity contribution >= 4 is 5.84 Å². The van der Waals surface area contributed by atoms with E-state index in [2.05, 4.69) is 5.16 Å². The van der Waals surface area contributed by atoms with Crippen LogP contribution in [0.1, 0.15) is 11.1 Å². The first kappa shape index (κ1) is 15.1. The Kier molecular flexibility index (Phi) is 4.63. The Morgan fingerprint density at radius 3 is 2.58 bits per heavy atom. The molecule has 1 atom stereocenters. The van der Waals surface area contributed by atoms with Crippen molar-refractivity contribution in [2.75, 3.05) is 6.61 Å². The van der Waals surface area contributed by atoms with Gasteiger partial charge in [-0.25, -0.2) is 0 Å². The summed E-state index contributed by atoms with van der Waals surface area (Å²) in [4.78, 5) is 0. The average molecular weight is 276 g/mol. The molecule has 0 aliphatic carbocycles. The summed E-state index contributed by atoms with van der Waals surface area (Å²) in [5.41, 5.74) is 6.70. The van der Waals surface area contributed by atoms with Gasteiger partial charge >= 0.3 is 6.18 Å². The van der Waals surface area contributed by atoms with Gasteiger partial charge in [0.25, 0.3) is 0 Å². The molecule has 106 valence electrons. The third-order valence-electron chi connectivity index (χ3n) is 2.83. The molecule has 0 amide bonds. The van der Waals surface area contributed by atoms with Crippen LogP contribution in [0.25, 0.3) is 0 Å². The molecule has 3 N–H and O–H groups in total. The van der Waals surface area contributed by atoms with E-state index in [1.54, 1.807) is 19.1 Å². The highest BCUT2D eigenvalue weighted by atomic mass is 19.4. The van der Waals surface area contributed by atoms with Crippen molar-refractivity contribution in [2.45, 2.75) is 20.0 Å². The molecule has 1 rings (SSSR count). The first-order chi connectivity index (χ1) is 8.77. The zero-order valence-corrected chi connectivity index (χ0v) is 10.5. The average Bonchev–Trinajstić information content (AvgIpc) is 2.32. The maximum atomic E-state index is 12.7. The Morgan fingerprint density at radius 1 is 1.42 bits per heavy atom. The van der Waals surface area contributed by atoms with E-state index in [0.717, 1.165) is 11.1 Å². The van der Waals surface area contributed by atoms with E-state index in [1.165, 1.54) is 0 Å². The van der Waals surface area contributed by atoms with Gasteiger partial charge in [0.05, 0.1) is 0 Å². The molecule has 0 heterocycles. The van der Waals surface area contributed by atoms with Gasteiger partial charge in [0, 0.05) is 0 Å². The highest BCUT2D eigenvalue weighted by Crippen LogP contribution is 2.28. The number of nitrogens with zero attached hydrogens (tertiary/aromatic N) is 1. The monoisotopic (exact) mass is 276 g/mol. The van der Waals surface area contributed by atoms with E-state index >= 15 is 0 Å². The number of benzene rings is 1. The number of hydrogen-bond donors (Lipinski definition) is 2. The molecule has 7 heteroatoms. The standard InChI is InChI=1S/C12H15F3N2O2/c1-7-4-3-5-10(8(7)2)19-6-9(11(16)17-18)12(13,14)15/h3-5,9,18H,6H2,1-2H3,(H2,16,17). The SMILES string of the molecule is Cc1cccc(OCC(/C(N)=N/O)C(F)(F)F)c1C. The highest BCUT2D eigenvalue weighted by Gasteiger charge is 2.43. The van der Waals surface area contributed by atoms with Crippen LogP contribution in [0.15, 0.2) is 23.4 Å². The van der Waals surface area contributed by atoms with E-state index in [1.807, 2.05) is 13.0 Å². The van der Waals surface area contributed by atoms with E-state index in [-0.39, 0.29) is 0 Å². The lowest BCUT2D eigenvalue weighted by atomic mass is 10.1. The van der Waals surface area contributed by atoms with Crippen molar-refractivity contribution in [3.8, 4) is 5.75 Å². The van der Waals surface area contributed by atoms with Gasteiger partial charge in [-0.15, -0.1) is 0 Å². The summed E-state index contributed by atoms with van der Waals surface area (Å²) < 4.78 is 43.2. The Bertz CT molecular complexity index is 473. The summed E-state index contributed by atoms with van der Waals surface area (Å²) >= 11 is 0. The number of nitrogens with two attached hydrogens (primary N) is 1. The largest absolute Gasteiger partial charge is 0.492 e. The molecule has 0 aliphatic heterocycles. The number of ether oxygens (including phenoxy) is 1.